The Kier molecular flexibility index (Phi) is 6.44. The average Bonchev–Trinajstić information content (AvgIpc) is 2.74. The van der Waals surface area contributed by atoms with Crippen molar-refractivity contribution in [2.24, 2.45) is 5.73 Å². The van der Waals surface area contributed by atoms with E-state index in [0.717, 1.165) is 6.21 Å². The number of ether oxygens (including phenoxy) is 1. The number of hydrogen-bond acceptors (Lipinski definition) is 8. The number of nitrogens with two attached hydrogens (primary N) is 1. The lowest BCUT2D eigenvalue weighted by atomic mass is 10.1. The first-order valence-corrected chi connectivity index (χ1v) is 9.64. The van der Waals surface area contributed by atoms with Crippen LogP contribution >= 0.6 is 0 Å². The van der Waals surface area contributed by atoms with Crippen molar-refractivity contribution in [3.05, 3.63) is 54.6 Å². The smallest absolute Gasteiger partial charge is 0.258 e. The van der Waals surface area contributed by atoms with Crippen LogP contribution in [0.25, 0.3) is 22.3 Å². The third kappa shape index (κ3) is 5.75. The van der Waals surface area contributed by atoms with Crippen LogP contribution in [0.5, 0.6) is 5.75 Å². The molecule has 9 nitrogen and oxygen atoms in total. The van der Waals surface area contributed by atoms with Gasteiger partial charge in [-0.1, -0.05) is 12.1 Å². The topological polar surface area (TPSA) is 139 Å². The summed E-state index contributed by atoms with van der Waals surface area (Å²) >= 11 is 0. The van der Waals surface area contributed by atoms with Gasteiger partial charge in [-0.05, 0) is 39.0 Å². The van der Waals surface area contributed by atoms with Crippen LogP contribution in [0.3, 0.4) is 0 Å². The number of aromatic nitrogens is 3. The molecule has 1 aromatic carbocycles. The number of fused-ring (bicyclic) bond motifs is 1. The summed E-state index contributed by atoms with van der Waals surface area (Å²) < 4.78 is 5.64. The normalized spacial score (nSPS) is 11.8. The number of amides is 1. The van der Waals surface area contributed by atoms with Gasteiger partial charge in [0, 0.05) is 35.9 Å². The van der Waals surface area contributed by atoms with Crippen molar-refractivity contribution >= 4 is 28.8 Å². The van der Waals surface area contributed by atoms with Gasteiger partial charge in [-0.25, -0.2) is 9.97 Å². The van der Waals surface area contributed by atoms with E-state index in [1.165, 1.54) is 6.20 Å². The molecule has 0 aliphatic rings. The fraction of sp³-hybridized carbons (Fsp3) is 0.227. The molecule has 0 aliphatic carbocycles. The monoisotopic (exact) mass is 419 g/mol. The minimum absolute atomic E-state index is 0.0955. The highest BCUT2D eigenvalue weighted by molar-refractivity contribution is 5.93. The van der Waals surface area contributed by atoms with Gasteiger partial charge < -0.3 is 26.5 Å². The summed E-state index contributed by atoms with van der Waals surface area (Å²) in [6.07, 6.45) is 5.68. The van der Waals surface area contributed by atoms with E-state index in [2.05, 4.69) is 25.6 Å². The molecule has 5 N–H and O–H groups in total. The SMILES string of the molecule is CC(C)(C)NC(=O)COc1cccc(-c2nc(N/C(C=N)=C/N)c3cnccc3n2)c1. The van der Waals surface area contributed by atoms with Crippen LogP contribution in [0, 0.1) is 5.41 Å². The summed E-state index contributed by atoms with van der Waals surface area (Å²) in [5, 5.41) is 14.0. The largest absolute Gasteiger partial charge is 0.484 e. The van der Waals surface area contributed by atoms with Gasteiger partial charge in [-0.15, -0.1) is 0 Å². The molecule has 1 amide bonds. The number of carbonyl (C=O) groups excluding carboxylic acids is 1. The van der Waals surface area contributed by atoms with Gasteiger partial charge in [0.15, 0.2) is 12.4 Å². The molecule has 0 atom stereocenters. The third-order valence-corrected chi connectivity index (χ3v) is 4.07. The Labute approximate surface area is 180 Å². The van der Waals surface area contributed by atoms with Gasteiger partial charge in [0.2, 0.25) is 0 Å². The first-order valence-electron chi connectivity index (χ1n) is 9.64. The highest BCUT2D eigenvalue weighted by Gasteiger charge is 2.15. The first kappa shape index (κ1) is 21.7. The molecule has 0 radical (unpaired) electrons. The highest BCUT2D eigenvalue weighted by Crippen LogP contribution is 2.27. The summed E-state index contributed by atoms with van der Waals surface area (Å²) in [6, 6.07) is 8.97. The standard InChI is InChI=1S/C22H25N7O2/c1-22(2,3)29-19(30)13-31-16-6-4-5-14(9-16)20-27-18-7-8-25-12-17(18)21(28-20)26-15(10-23)11-24/h4-12,23H,13,24H2,1-3H3,(H,29,30)(H,26,27,28)/b15-11+,23-10?. The average molecular weight is 419 g/mol. The van der Waals surface area contributed by atoms with E-state index in [1.54, 1.807) is 30.6 Å². The predicted molar refractivity (Wildman–Crippen MR) is 121 cm³/mol. The molecule has 2 aromatic heterocycles. The molecule has 0 aliphatic heterocycles. The summed E-state index contributed by atoms with van der Waals surface area (Å²) in [6.45, 7) is 5.64. The summed E-state index contributed by atoms with van der Waals surface area (Å²) in [4.78, 5) is 25.4. The highest BCUT2D eigenvalue weighted by atomic mass is 16.5. The molecule has 0 unspecified atom stereocenters. The van der Waals surface area contributed by atoms with Crippen LogP contribution in [0.2, 0.25) is 0 Å². The number of carbonyl (C=O) groups is 1. The van der Waals surface area contributed by atoms with E-state index < -0.39 is 0 Å². The van der Waals surface area contributed by atoms with Crippen molar-refractivity contribution in [3.63, 3.8) is 0 Å². The minimum atomic E-state index is -0.327. The molecular formula is C22H25N7O2. The Morgan fingerprint density at radius 3 is 2.77 bits per heavy atom. The Morgan fingerprint density at radius 1 is 1.26 bits per heavy atom. The quantitative estimate of drug-likeness (QED) is 0.432. The Balaban J connectivity index is 1.90. The zero-order valence-corrected chi connectivity index (χ0v) is 17.6. The van der Waals surface area contributed by atoms with Crippen LogP contribution in [0.4, 0.5) is 5.82 Å². The lowest BCUT2D eigenvalue weighted by Gasteiger charge is -2.20. The van der Waals surface area contributed by atoms with Gasteiger partial charge >= 0.3 is 0 Å². The molecule has 0 spiro atoms. The molecule has 0 bridgehead atoms. The maximum Gasteiger partial charge on any atom is 0.258 e. The molecule has 160 valence electrons. The molecule has 3 aromatic rings. The number of pyridine rings is 1. The van der Waals surface area contributed by atoms with Crippen LogP contribution < -0.4 is 21.1 Å². The Morgan fingerprint density at radius 2 is 2.06 bits per heavy atom. The molecule has 3 rings (SSSR count). The number of rotatable bonds is 7. The van der Waals surface area contributed by atoms with Crippen molar-refractivity contribution < 1.29 is 9.53 Å². The molecule has 0 saturated carbocycles. The van der Waals surface area contributed by atoms with Crippen molar-refractivity contribution in [2.75, 3.05) is 11.9 Å². The molecule has 31 heavy (non-hydrogen) atoms. The van der Waals surface area contributed by atoms with Gasteiger partial charge in [-0.3, -0.25) is 9.78 Å². The molecule has 0 saturated heterocycles. The lowest BCUT2D eigenvalue weighted by molar-refractivity contribution is -0.124. The Hall–Kier alpha value is -4.01. The van der Waals surface area contributed by atoms with Gasteiger partial charge in [0.25, 0.3) is 5.91 Å². The molecule has 0 fully saturated rings. The zero-order chi connectivity index (χ0) is 22.4. The van der Waals surface area contributed by atoms with Crippen LogP contribution in [0.15, 0.2) is 54.6 Å². The number of allylic oxidation sites excluding steroid dienone is 1. The summed E-state index contributed by atoms with van der Waals surface area (Å²) in [5.41, 5.74) is 7.01. The predicted octanol–water partition coefficient (Wildman–Crippen LogP) is 2.85. The van der Waals surface area contributed by atoms with Gasteiger partial charge in [0.1, 0.15) is 11.6 Å². The third-order valence-electron chi connectivity index (χ3n) is 4.07. The number of hydrogen-bond donors (Lipinski definition) is 4. The summed E-state index contributed by atoms with van der Waals surface area (Å²) in [7, 11) is 0. The van der Waals surface area contributed by atoms with Crippen LogP contribution in [-0.4, -0.2) is 39.2 Å². The number of benzene rings is 1. The molecular weight excluding hydrogens is 394 g/mol. The van der Waals surface area contributed by atoms with Crippen LogP contribution in [0.1, 0.15) is 20.8 Å². The van der Waals surface area contributed by atoms with Crippen molar-refractivity contribution in [1.29, 1.82) is 5.41 Å². The molecule has 2 heterocycles. The maximum absolute atomic E-state index is 12.0. The van der Waals surface area contributed by atoms with Gasteiger partial charge in [-0.2, -0.15) is 0 Å². The van der Waals surface area contributed by atoms with E-state index in [0.29, 0.717) is 39.6 Å². The second-order valence-corrected chi connectivity index (χ2v) is 7.79. The first-order chi connectivity index (χ1) is 14.8. The maximum atomic E-state index is 12.0. The van der Waals surface area contributed by atoms with E-state index in [9.17, 15) is 4.79 Å². The Bertz CT molecular complexity index is 1140. The second kappa shape index (κ2) is 9.21. The zero-order valence-electron chi connectivity index (χ0n) is 17.6. The lowest BCUT2D eigenvalue weighted by Crippen LogP contribution is -2.43. The van der Waals surface area contributed by atoms with E-state index in [4.69, 9.17) is 15.9 Å². The number of anilines is 1. The fourth-order valence-corrected chi connectivity index (χ4v) is 2.79. The van der Waals surface area contributed by atoms with E-state index in [1.807, 2.05) is 32.9 Å². The number of nitrogens with zero attached hydrogens (tertiary/aromatic N) is 3. The minimum Gasteiger partial charge on any atom is -0.484 e. The van der Waals surface area contributed by atoms with Crippen molar-refractivity contribution in [3.8, 4) is 17.1 Å². The van der Waals surface area contributed by atoms with E-state index >= 15 is 0 Å². The number of nitrogens with one attached hydrogen (secondary N) is 3. The fourth-order valence-electron chi connectivity index (χ4n) is 2.79. The summed E-state index contributed by atoms with van der Waals surface area (Å²) in [5.74, 6) is 1.25. The van der Waals surface area contributed by atoms with Crippen molar-refractivity contribution in [1.82, 2.24) is 20.3 Å². The molecule has 9 heteroatoms. The van der Waals surface area contributed by atoms with Gasteiger partial charge in [0.05, 0.1) is 16.6 Å². The van der Waals surface area contributed by atoms with Crippen LogP contribution in [-0.2, 0) is 4.79 Å². The second-order valence-electron chi connectivity index (χ2n) is 7.79. The van der Waals surface area contributed by atoms with Crippen molar-refractivity contribution in [2.45, 2.75) is 26.3 Å². The van der Waals surface area contributed by atoms with E-state index in [-0.39, 0.29) is 18.1 Å².